The fourth-order valence-electron chi connectivity index (χ4n) is 1.66. The number of halogens is 3. The van der Waals surface area contributed by atoms with Crippen LogP contribution >= 0.6 is 31.9 Å². The van der Waals surface area contributed by atoms with E-state index in [1.807, 2.05) is 25.1 Å². The van der Waals surface area contributed by atoms with E-state index in [0.717, 1.165) is 14.8 Å². The van der Waals surface area contributed by atoms with Gasteiger partial charge in [-0.2, -0.15) is 0 Å². The summed E-state index contributed by atoms with van der Waals surface area (Å²) >= 11 is 6.60. The molecule has 1 N–H and O–H groups in total. The van der Waals surface area contributed by atoms with Crippen molar-refractivity contribution >= 4 is 37.5 Å². The van der Waals surface area contributed by atoms with E-state index >= 15 is 0 Å². The smallest absolute Gasteiger partial charge is 0.129 e. The van der Waals surface area contributed by atoms with Crippen molar-refractivity contribution in [2.24, 2.45) is 0 Å². The zero-order chi connectivity index (χ0) is 13.1. The van der Waals surface area contributed by atoms with E-state index in [4.69, 9.17) is 0 Å². The average molecular weight is 374 g/mol. The highest BCUT2D eigenvalue weighted by atomic mass is 79.9. The Balaban J connectivity index is 2.22. The maximum absolute atomic E-state index is 13.8. The summed E-state index contributed by atoms with van der Waals surface area (Å²) in [5, 5.41) is 3.22. The molecule has 0 bridgehead atoms. The van der Waals surface area contributed by atoms with Crippen molar-refractivity contribution in [3.63, 3.8) is 0 Å². The number of pyridine rings is 1. The van der Waals surface area contributed by atoms with Crippen LogP contribution in [0.15, 0.2) is 45.6 Å². The van der Waals surface area contributed by atoms with E-state index in [1.165, 1.54) is 6.07 Å². The first-order valence-electron chi connectivity index (χ1n) is 5.40. The lowest BCUT2D eigenvalue weighted by Crippen LogP contribution is -2.09. The quantitative estimate of drug-likeness (QED) is 0.772. The molecule has 2 aromatic rings. The number of nitrogens with zero attached hydrogens (tertiary/aromatic N) is 1. The van der Waals surface area contributed by atoms with Crippen molar-refractivity contribution in [1.29, 1.82) is 0 Å². The van der Waals surface area contributed by atoms with Crippen LogP contribution in [-0.2, 0) is 0 Å². The highest BCUT2D eigenvalue weighted by molar-refractivity contribution is 9.10. The first kappa shape index (κ1) is 13.5. The molecule has 0 spiro atoms. The van der Waals surface area contributed by atoms with Crippen LogP contribution in [0.2, 0.25) is 0 Å². The van der Waals surface area contributed by atoms with Gasteiger partial charge in [0, 0.05) is 16.2 Å². The molecule has 0 saturated carbocycles. The van der Waals surface area contributed by atoms with Gasteiger partial charge in [0.2, 0.25) is 0 Å². The van der Waals surface area contributed by atoms with Crippen LogP contribution in [-0.4, -0.2) is 4.98 Å². The predicted octanol–water partition coefficient (Wildman–Crippen LogP) is 4.92. The zero-order valence-electron chi connectivity index (χ0n) is 9.62. The molecule has 2 nitrogen and oxygen atoms in total. The summed E-state index contributed by atoms with van der Waals surface area (Å²) < 4.78 is 15.3. The average Bonchev–Trinajstić information content (AvgIpc) is 2.32. The van der Waals surface area contributed by atoms with Gasteiger partial charge in [-0.3, -0.25) is 0 Å². The molecule has 0 saturated heterocycles. The Kier molecular flexibility index (Phi) is 4.35. The van der Waals surface area contributed by atoms with E-state index in [9.17, 15) is 4.39 Å². The number of hydrogen-bond acceptors (Lipinski definition) is 2. The molecule has 94 valence electrons. The maximum atomic E-state index is 13.8. The van der Waals surface area contributed by atoms with E-state index < -0.39 is 0 Å². The molecule has 1 atom stereocenters. The third-order valence-electron chi connectivity index (χ3n) is 2.56. The van der Waals surface area contributed by atoms with Crippen LogP contribution in [0, 0.1) is 5.82 Å². The first-order chi connectivity index (χ1) is 8.58. The molecule has 0 fully saturated rings. The third-order valence-corrected chi connectivity index (χ3v) is 3.69. The van der Waals surface area contributed by atoms with Crippen molar-refractivity contribution < 1.29 is 4.39 Å². The molecular formula is C13H11Br2FN2. The van der Waals surface area contributed by atoms with Gasteiger partial charge in [-0.15, -0.1) is 0 Å². The molecule has 0 aliphatic carbocycles. The Hall–Kier alpha value is -0.940. The lowest BCUT2D eigenvalue weighted by molar-refractivity contribution is 0.599. The lowest BCUT2D eigenvalue weighted by atomic mass is 10.1. The standard InChI is InChI=1S/C13H11Br2FN2/c1-8(10-5-4-9(14)7-11(10)16)18-12-3-2-6-17-13(12)15/h2-8,18H,1H3. The van der Waals surface area contributed by atoms with Gasteiger partial charge in [0.05, 0.1) is 11.7 Å². The monoisotopic (exact) mass is 372 g/mol. The van der Waals surface area contributed by atoms with E-state index in [1.54, 1.807) is 12.3 Å². The second-order valence-corrected chi connectivity index (χ2v) is 5.54. The van der Waals surface area contributed by atoms with E-state index in [2.05, 4.69) is 42.2 Å². The van der Waals surface area contributed by atoms with Gasteiger partial charge in [0.25, 0.3) is 0 Å². The van der Waals surface area contributed by atoms with Crippen LogP contribution in [0.5, 0.6) is 0 Å². The number of hydrogen-bond donors (Lipinski definition) is 1. The molecular weight excluding hydrogens is 363 g/mol. The minimum atomic E-state index is -0.232. The van der Waals surface area contributed by atoms with Crippen molar-refractivity contribution in [2.75, 3.05) is 5.32 Å². The van der Waals surface area contributed by atoms with Crippen LogP contribution in [0.25, 0.3) is 0 Å². The topological polar surface area (TPSA) is 24.9 Å². The number of aromatic nitrogens is 1. The molecule has 1 unspecified atom stereocenters. The summed E-state index contributed by atoms with van der Waals surface area (Å²) in [6.07, 6.45) is 1.69. The molecule has 0 aliphatic heterocycles. The highest BCUT2D eigenvalue weighted by Crippen LogP contribution is 2.27. The van der Waals surface area contributed by atoms with Gasteiger partial charge in [0.15, 0.2) is 0 Å². The third kappa shape index (κ3) is 3.09. The molecule has 0 aliphatic rings. The molecule has 1 heterocycles. The minimum Gasteiger partial charge on any atom is -0.376 e. The molecule has 2 rings (SSSR count). The normalized spacial score (nSPS) is 12.2. The van der Waals surface area contributed by atoms with Gasteiger partial charge in [0.1, 0.15) is 10.4 Å². The summed E-state index contributed by atoms with van der Waals surface area (Å²) in [7, 11) is 0. The molecule has 0 amide bonds. The van der Waals surface area contributed by atoms with E-state index in [0.29, 0.717) is 5.56 Å². The number of benzene rings is 1. The van der Waals surface area contributed by atoms with Gasteiger partial charge < -0.3 is 5.32 Å². The number of anilines is 1. The Labute approximate surface area is 122 Å². The van der Waals surface area contributed by atoms with Gasteiger partial charge >= 0.3 is 0 Å². The van der Waals surface area contributed by atoms with Gasteiger partial charge in [-0.1, -0.05) is 22.0 Å². The van der Waals surface area contributed by atoms with Crippen LogP contribution < -0.4 is 5.32 Å². The number of nitrogens with one attached hydrogen (secondary N) is 1. The van der Waals surface area contributed by atoms with Gasteiger partial charge in [-0.05, 0) is 47.1 Å². The summed E-state index contributed by atoms with van der Waals surface area (Å²) in [5.74, 6) is -0.232. The minimum absolute atomic E-state index is 0.140. The fourth-order valence-corrected chi connectivity index (χ4v) is 2.36. The van der Waals surface area contributed by atoms with Crippen molar-refractivity contribution in [2.45, 2.75) is 13.0 Å². The van der Waals surface area contributed by atoms with E-state index in [-0.39, 0.29) is 11.9 Å². The molecule has 5 heteroatoms. The predicted molar refractivity (Wildman–Crippen MR) is 78.1 cm³/mol. The SMILES string of the molecule is CC(Nc1cccnc1Br)c1ccc(Br)cc1F. The van der Waals surface area contributed by atoms with Gasteiger partial charge in [-0.25, -0.2) is 9.37 Å². The first-order valence-corrected chi connectivity index (χ1v) is 6.98. The lowest BCUT2D eigenvalue weighted by Gasteiger charge is -2.17. The summed E-state index contributed by atoms with van der Waals surface area (Å²) in [4.78, 5) is 4.12. The maximum Gasteiger partial charge on any atom is 0.129 e. The number of rotatable bonds is 3. The fraction of sp³-hybridized carbons (Fsp3) is 0.154. The Bertz CT molecular complexity index is 560. The molecule has 1 aromatic heterocycles. The summed E-state index contributed by atoms with van der Waals surface area (Å²) in [6, 6.07) is 8.64. The molecule has 0 radical (unpaired) electrons. The second kappa shape index (κ2) is 5.80. The Morgan fingerprint density at radius 2 is 2.06 bits per heavy atom. The summed E-state index contributed by atoms with van der Waals surface area (Å²) in [6.45, 7) is 1.91. The highest BCUT2D eigenvalue weighted by Gasteiger charge is 2.12. The summed E-state index contributed by atoms with van der Waals surface area (Å²) in [5.41, 5.74) is 1.46. The van der Waals surface area contributed by atoms with Crippen LogP contribution in [0.1, 0.15) is 18.5 Å². The second-order valence-electron chi connectivity index (χ2n) is 3.87. The van der Waals surface area contributed by atoms with Crippen molar-refractivity contribution in [1.82, 2.24) is 4.98 Å². The van der Waals surface area contributed by atoms with Crippen molar-refractivity contribution in [3.8, 4) is 0 Å². The van der Waals surface area contributed by atoms with Crippen LogP contribution in [0.3, 0.4) is 0 Å². The Morgan fingerprint density at radius 1 is 1.28 bits per heavy atom. The van der Waals surface area contributed by atoms with Crippen LogP contribution in [0.4, 0.5) is 10.1 Å². The molecule has 18 heavy (non-hydrogen) atoms. The Morgan fingerprint density at radius 3 is 2.72 bits per heavy atom. The zero-order valence-corrected chi connectivity index (χ0v) is 12.8. The largest absolute Gasteiger partial charge is 0.376 e. The molecule has 1 aromatic carbocycles. The van der Waals surface area contributed by atoms with Crippen molar-refractivity contribution in [3.05, 3.63) is 57.0 Å².